The van der Waals surface area contributed by atoms with Gasteiger partial charge in [0.2, 0.25) is 5.91 Å². The van der Waals surface area contributed by atoms with Crippen LogP contribution in [0.4, 0.5) is 0 Å². The lowest BCUT2D eigenvalue weighted by atomic mass is 9.58. The summed E-state index contributed by atoms with van der Waals surface area (Å²) in [5.74, 6) is -1.85. The van der Waals surface area contributed by atoms with Gasteiger partial charge in [-0.15, -0.1) is 0 Å². The molecule has 0 radical (unpaired) electrons. The van der Waals surface area contributed by atoms with E-state index in [-0.39, 0.29) is 29.9 Å². The maximum atomic E-state index is 12.6. The van der Waals surface area contributed by atoms with Crippen LogP contribution in [0.2, 0.25) is 0 Å². The number of hydrogen-bond donors (Lipinski definition) is 1. The zero-order valence-electron chi connectivity index (χ0n) is 12.5. The molecule has 0 aromatic carbocycles. The van der Waals surface area contributed by atoms with Crippen molar-refractivity contribution in [2.75, 3.05) is 6.61 Å². The maximum absolute atomic E-state index is 12.6. The summed E-state index contributed by atoms with van der Waals surface area (Å²) < 4.78 is 5.60. The summed E-state index contributed by atoms with van der Waals surface area (Å²) in [5, 5.41) is 14.5. The van der Waals surface area contributed by atoms with Crippen LogP contribution in [0, 0.1) is 23.7 Å². The maximum Gasteiger partial charge on any atom is 0.224 e. The minimum Gasteiger partial charge on any atom is -0.550 e. The van der Waals surface area contributed by atoms with Gasteiger partial charge in [0.25, 0.3) is 0 Å². The smallest absolute Gasteiger partial charge is 0.224 e. The second-order valence-electron chi connectivity index (χ2n) is 6.89. The first-order valence-electron chi connectivity index (χ1n) is 8.20. The van der Waals surface area contributed by atoms with Crippen molar-refractivity contribution in [3.63, 3.8) is 0 Å². The van der Waals surface area contributed by atoms with Crippen molar-refractivity contribution >= 4 is 11.9 Å². The van der Waals surface area contributed by atoms with Gasteiger partial charge in [0.05, 0.1) is 12.1 Å². The number of fused-ring (bicyclic) bond motifs is 3. The highest BCUT2D eigenvalue weighted by Gasteiger charge is 2.47. The Hall–Kier alpha value is -1.10. The molecule has 118 valence electrons. The summed E-state index contributed by atoms with van der Waals surface area (Å²) in [7, 11) is 0. The highest BCUT2D eigenvalue weighted by molar-refractivity contribution is 5.85. The van der Waals surface area contributed by atoms with Crippen LogP contribution < -0.4 is 10.4 Å². The van der Waals surface area contributed by atoms with E-state index in [9.17, 15) is 14.7 Å². The van der Waals surface area contributed by atoms with Crippen LogP contribution in [0.1, 0.15) is 45.4 Å². The van der Waals surface area contributed by atoms with Crippen molar-refractivity contribution < 1.29 is 19.4 Å². The van der Waals surface area contributed by atoms with Crippen molar-refractivity contribution in [3.8, 4) is 0 Å². The molecular formula is C16H24NO4-. The fraction of sp³-hybridized carbons (Fsp3) is 0.875. The molecule has 0 spiro atoms. The lowest BCUT2D eigenvalue weighted by Gasteiger charge is -2.48. The molecule has 0 unspecified atom stereocenters. The van der Waals surface area contributed by atoms with Crippen molar-refractivity contribution in [2.24, 2.45) is 23.7 Å². The summed E-state index contributed by atoms with van der Waals surface area (Å²) in [6.45, 7) is 2.70. The number of carbonyl (C=O) groups is 2. The van der Waals surface area contributed by atoms with Crippen molar-refractivity contribution in [2.45, 2.75) is 57.6 Å². The van der Waals surface area contributed by atoms with Crippen molar-refractivity contribution in [1.29, 1.82) is 0 Å². The minimum atomic E-state index is -1.05. The second-order valence-corrected chi connectivity index (χ2v) is 6.89. The highest BCUT2D eigenvalue weighted by atomic mass is 16.5. The molecule has 4 aliphatic rings. The average molecular weight is 294 g/mol. The molecule has 5 nitrogen and oxygen atoms in total. The lowest BCUT2D eigenvalue weighted by Crippen LogP contribution is -2.56. The number of ether oxygens (including phenoxy) is 1. The second kappa shape index (κ2) is 5.95. The van der Waals surface area contributed by atoms with Gasteiger partial charge in [0, 0.05) is 24.4 Å². The largest absolute Gasteiger partial charge is 0.550 e. The van der Waals surface area contributed by atoms with Gasteiger partial charge in [0.1, 0.15) is 0 Å². The molecule has 4 rings (SSSR count). The summed E-state index contributed by atoms with van der Waals surface area (Å²) in [6, 6.07) is -0.0529. The Morgan fingerprint density at radius 3 is 2.24 bits per heavy atom. The quantitative estimate of drug-likeness (QED) is 0.817. The van der Waals surface area contributed by atoms with Gasteiger partial charge in [-0.05, 0) is 57.3 Å². The number of rotatable bonds is 4. The summed E-state index contributed by atoms with van der Waals surface area (Å²) in [6.07, 6.45) is 5.85. The lowest BCUT2D eigenvalue weighted by molar-refractivity contribution is -0.318. The molecule has 1 saturated heterocycles. The van der Waals surface area contributed by atoms with E-state index in [4.69, 9.17) is 4.74 Å². The van der Waals surface area contributed by atoms with Crippen LogP contribution in [0.5, 0.6) is 0 Å². The van der Waals surface area contributed by atoms with E-state index in [1.54, 1.807) is 0 Å². The Morgan fingerprint density at radius 1 is 1.10 bits per heavy atom. The zero-order valence-corrected chi connectivity index (χ0v) is 12.5. The Balaban J connectivity index is 1.68. The van der Waals surface area contributed by atoms with Crippen LogP contribution >= 0.6 is 0 Å². The van der Waals surface area contributed by atoms with E-state index >= 15 is 0 Å². The van der Waals surface area contributed by atoms with Gasteiger partial charge in [-0.25, -0.2) is 0 Å². The number of amides is 1. The molecule has 4 fully saturated rings. The van der Waals surface area contributed by atoms with Crippen LogP contribution in [0.15, 0.2) is 0 Å². The third-order valence-corrected chi connectivity index (χ3v) is 5.69. The normalized spacial score (nSPS) is 40.0. The fourth-order valence-electron chi connectivity index (χ4n) is 4.58. The third kappa shape index (κ3) is 2.80. The predicted octanol–water partition coefficient (Wildman–Crippen LogP) is 0.472. The molecule has 21 heavy (non-hydrogen) atoms. The van der Waals surface area contributed by atoms with E-state index in [0.717, 1.165) is 45.1 Å². The number of carboxylic acids is 1. The molecule has 0 aromatic heterocycles. The average Bonchev–Trinajstić information content (AvgIpc) is 3.01. The summed E-state index contributed by atoms with van der Waals surface area (Å²) in [4.78, 5) is 24.1. The van der Waals surface area contributed by atoms with Crippen LogP contribution in [0.3, 0.4) is 0 Å². The number of hydrogen-bond acceptors (Lipinski definition) is 4. The summed E-state index contributed by atoms with van der Waals surface area (Å²) in [5.41, 5.74) is 0. The first-order chi connectivity index (χ1) is 10.1. The number of nitrogens with one attached hydrogen (secondary N) is 1. The Kier molecular flexibility index (Phi) is 4.20. The molecule has 0 aromatic rings. The monoisotopic (exact) mass is 294 g/mol. The SMILES string of the molecule is C[C@@H](NC(=O)[C@@H]1C2CCC(CC2)[C@@H]1C(=O)[O-])[C@@H]1CCCO1. The molecule has 1 N–H and O–H groups in total. The van der Waals surface area contributed by atoms with Gasteiger partial charge >= 0.3 is 0 Å². The predicted molar refractivity (Wildman–Crippen MR) is 74.0 cm³/mol. The standard InChI is InChI=1S/C16H25NO4/c1-9(12-3-2-8-21-12)17-15(18)13-10-4-6-11(7-5-10)14(13)16(19)20/h9-14H,2-8H2,1H3,(H,17,18)(H,19,20)/p-1/t9-,10?,11?,12+,13-,14+/m1/s1. The van der Waals surface area contributed by atoms with Crippen molar-refractivity contribution in [1.82, 2.24) is 5.32 Å². The number of carboxylic acid groups (broad SMARTS) is 1. The molecule has 3 aliphatic carbocycles. The van der Waals surface area contributed by atoms with Gasteiger partial charge in [0.15, 0.2) is 0 Å². The van der Waals surface area contributed by atoms with E-state index in [2.05, 4.69) is 5.32 Å². The van der Waals surface area contributed by atoms with E-state index in [1.165, 1.54) is 0 Å². The molecule has 1 amide bonds. The minimum absolute atomic E-state index is 0.0529. The number of aliphatic carboxylic acids is 1. The fourth-order valence-corrected chi connectivity index (χ4v) is 4.58. The Labute approximate surface area is 125 Å². The van der Waals surface area contributed by atoms with Gasteiger partial charge in [-0.2, -0.15) is 0 Å². The summed E-state index contributed by atoms with van der Waals surface area (Å²) >= 11 is 0. The first-order valence-corrected chi connectivity index (χ1v) is 8.20. The van der Waals surface area contributed by atoms with Crippen molar-refractivity contribution in [3.05, 3.63) is 0 Å². The molecule has 4 atom stereocenters. The van der Waals surface area contributed by atoms with Gasteiger partial charge in [-0.1, -0.05) is 0 Å². The first kappa shape index (κ1) is 14.8. The van der Waals surface area contributed by atoms with Crippen LogP contribution in [0.25, 0.3) is 0 Å². The number of carbonyl (C=O) groups excluding carboxylic acids is 2. The molecule has 5 heteroatoms. The van der Waals surface area contributed by atoms with Crippen LogP contribution in [-0.2, 0) is 14.3 Å². The Bertz CT molecular complexity index is 411. The molecular weight excluding hydrogens is 270 g/mol. The third-order valence-electron chi connectivity index (χ3n) is 5.69. The van der Waals surface area contributed by atoms with E-state index in [0.29, 0.717) is 0 Å². The molecule has 3 saturated carbocycles. The zero-order chi connectivity index (χ0) is 15.0. The molecule has 1 aliphatic heterocycles. The molecule has 1 heterocycles. The van der Waals surface area contributed by atoms with Crippen LogP contribution in [-0.4, -0.2) is 30.6 Å². The Morgan fingerprint density at radius 2 is 1.71 bits per heavy atom. The van der Waals surface area contributed by atoms with E-state index in [1.807, 2.05) is 6.92 Å². The van der Waals surface area contributed by atoms with E-state index < -0.39 is 17.8 Å². The van der Waals surface area contributed by atoms with Gasteiger partial charge < -0.3 is 20.0 Å². The highest BCUT2D eigenvalue weighted by Crippen LogP contribution is 2.48. The molecule has 2 bridgehead atoms. The van der Waals surface area contributed by atoms with Gasteiger partial charge in [-0.3, -0.25) is 4.79 Å². The topological polar surface area (TPSA) is 78.5 Å².